The Morgan fingerprint density at radius 1 is 1.03 bits per heavy atom. The third-order valence-corrected chi connectivity index (χ3v) is 6.09. The number of rotatable bonds is 8. The van der Waals surface area contributed by atoms with Gasteiger partial charge in [0.15, 0.2) is 5.57 Å². The molecule has 7 heteroatoms. The van der Waals surface area contributed by atoms with E-state index in [0.29, 0.717) is 32.0 Å². The molecule has 2 aromatic rings. The van der Waals surface area contributed by atoms with Crippen LogP contribution in [0.1, 0.15) is 42.5 Å². The number of nitriles is 2. The number of anilines is 1. The summed E-state index contributed by atoms with van der Waals surface area (Å²) in [7, 11) is 0. The van der Waals surface area contributed by atoms with Crippen molar-refractivity contribution >= 4 is 11.6 Å². The molecule has 0 saturated carbocycles. The summed E-state index contributed by atoms with van der Waals surface area (Å²) in [6.07, 6.45) is 0.243. The molecule has 1 saturated heterocycles. The highest BCUT2D eigenvalue weighted by molar-refractivity contribution is 5.94. The summed E-state index contributed by atoms with van der Waals surface area (Å²) in [5, 5.41) is 28.8. The van der Waals surface area contributed by atoms with Crippen molar-refractivity contribution in [3.63, 3.8) is 0 Å². The fraction of sp³-hybridized carbons (Fsp3) is 0.393. The van der Waals surface area contributed by atoms with Gasteiger partial charge in [-0.1, -0.05) is 41.5 Å². The number of benzene rings is 2. The van der Waals surface area contributed by atoms with E-state index in [0.717, 1.165) is 16.8 Å². The third kappa shape index (κ3) is 6.20. The van der Waals surface area contributed by atoms with E-state index in [1.165, 1.54) is 11.1 Å². The summed E-state index contributed by atoms with van der Waals surface area (Å²) in [4.78, 5) is 19.1. The van der Waals surface area contributed by atoms with Gasteiger partial charge in [-0.2, -0.15) is 10.5 Å². The predicted molar refractivity (Wildman–Crippen MR) is 136 cm³/mol. The van der Waals surface area contributed by atoms with Crippen LogP contribution in [0.15, 0.2) is 53.9 Å². The number of amides is 1. The number of aliphatic hydroxyl groups excluding tert-OH is 1. The maximum atomic E-state index is 13.3. The van der Waals surface area contributed by atoms with Crippen LogP contribution in [0.3, 0.4) is 0 Å². The van der Waals surface area contributed by atoms with E-state index in [9.17, 15) is 20.4 Å². The number of carbonyl (C=O) groups is 1. The average Bonchev–Trinajstić information content (AvgIpc) is 3.20. The zero-order valence-corrected chi connectivity index (χ0v) is 21.0. The molecule has 182 valence electrons. The van der Waals surface area contributed by atoms with Crippen LogP contribution in [0.5, 0.6) is 0 Å². The van der Waals surface area contributed by atoms with Gasteiger partial charge in [0.25, 0.3) is 0 Å². The van der Waals surface area contributed by atoms with Crippen molar-refractivity contribution in [1.82, 2.24) is 9.80 Å². The molecule has 1 fully saturated rings. The Morgan fingerprint density at radius 2 is 1.69 bits per heavy atom. The van der Waals surface area contributed by atoms with Gasteiger partial charge in [0.2, 0.25) is 5.91 Å². The van der Waals surface area contributed by atoms with Gasteiger partial charge < -0.3 is 19.8 Å². The van der Waals surface area contributed by atoms with Crippen LogP contribution in [0.4, 0.5) is 5.69 Å². The molecular formula is C28H33N5O2. The first-order valence-electron chi connectivity index (χ1n) is 11.9. The second kappa shape index (κ2) is 11.6. The van der Waals surface area contributed by atoms with Gasteiger partial charge >= 0.3 is 0 Å². The van der Waals surface area contributed by atoms with Crippen LogP contribution in [0.25, 0.3) is 0 Å². The van der Waals surface area contributed by atoms with E-state index in [4.69, 9.17) is 0 Å². The zero-order chi connectivity index (χ0) is 25.5. The smallest absolute Gasteiger partial charge is 0.229 e. The quantitative estimate of drug-likeness (QED) is 0.585. The highest BCUT2D eigenvalue weighted by Gasteiger charge is 2.30. The highest BCUT2D eigenvalue weighted by Crippen LogP contribution is 2.26. The largest absolute Gasteiger partial charge is 0.392 e. The molecule has 1 aliphatic heterocycles. The van der Waals surface area contributed by atoms with Crippen LogP contribution in [0.2, 0.25) is 0 Å². The number of nitrogens with zero attached hydrogens (tertiary/aromatic N) is 5. The van der Waals surface area contributed by atoms with Gasteiger partial charge in [-0.3, -0.25) is 4.79 Å². The molecule has 0 radical (unpaired) electrons. The maximum absolute atomic E-state index is 13.3. The molecule has 1 N–H and O–H groups in total. The summed E-state index contributed by atoms with van der Waals surface area (Å²) < 4.78 is 0. The molecule has 35 heavy (non-hydrogen) atoms. The molecule has 0 unspecified atom stereocenters. The fourth-order valence-corrected chi connectivity index (χ4v) is 4.73. The van der Waals surface area contributed by atoms with Crippen molar-refractivity contribution in [2.24, 2.45) is 0 Å². The van der Waals surface area contributed by atoms with Gasteiger partial charge in [0, 0.05) is 44.3 Å². The fourth-order valence-electron chi connectivity index (χ4n) is 4.73. The number of hydrogen-bond acceptors (Lipinski definition) is 6. The molecule has 1 heterocycles. The van der Waals surface area contributed by atoms with Gasteiger partial charge in [-0.25, -0.2) is 0 Å². The lowest BCUT2D eigenvalue weighted by Crippen LogP contribution is -2.39. The molecule has 0 atom stereocenters. The van der Waals surface area contributed by atoms with Gasteiger partial charge in [-0.15, -0.1) is 0 Å². The van der Waals surface area contributed by atoms with Crippen LogP contribution in [-0.2, 0) is 17.9 Å². The lowest BCUT2D eigenvalue weighted by Gasteiger charge is -2.29. The van der Waals surface area contributed by atoms with E-state index in [-0.39, 0.29) is 30.5 Å². The Morgan fingerprint density at radius 3 is 2.29 bits per heavy atom. The molecule has 0 bridgehead atoms. The predicted octanol–water partition coefficient (Wildman–Crippen LogP) is 4.00. The number of carbonyl (C=O) groups excluding carboxylic acids is 1. The van der Waals surface area contributed by atoms with Gasteiger partial charge in [-0.05, 0) is 51.0 Å². The Hall–Kier alpha value is -3.81. The van der Waals surface area contributed by atoms with E-state index < -0.39 is 0 Å². The zero-order valence-electron chi connectivity index (χ0n) is 21.0. The van der Waals surface area contributed by atoms with Crippen molar-refractivity contribution in [1.29, 1.82) is 10.5 Å². The first-order chi connectivity index (χ1) is 16.8. The van der Waals surface area contributed by atoms with E-state index in [2.05, 4.69) is 36.9 Å². The monoisotopic (exact) mass is 471 g/mol. The standard InChI is InChI=1S/C28H33N5O2/c1-20(2)33(26-7-5-6-23(15-26)19-34)27(35)8-9-31-10-11-32(28(31)25(16-29)17-30)18-24-13-21(3)12-22(4)14-24/h5-7,12-15,20,34H,8-11,18-19H2,1-4H3. The van der Waals surface area contributed by atoms with Crippen LogP contribution in [-0.4, -0.2) is 46.5 Å². The average molecular weight is 472 g/mol. The maximum Gasteiger partial charge on any atom is 0.229 e. The van der Waals surface area contributed by atoms with Gasteiger partial charge in [0.1, 0.15) is 18.0 Å². The molecule has 2 aromatic carbocycles. The molecule has 0 spiro atoms. The van der Waals surface area contributed by atoms with Crippen molar-refractivity contribution in [2.75, 3.05) is 24.5 Å². The first-order valence-corrected chi connectivity index (χ1v) is 11.9. The van der Waals surface area contributed by atoms with Crippen molar-refractivity contribution in [2.45, 2.75) is 53.3 Å². The van der Waals surface area contributed by atoms with E-state index in [1.54, 1.807) is 4.90 Å². The number of hydrogen-bond donors (Lipinski definition) is 1. The van der Waals surface area contributed by atoms with Crippen molar-refractivity contribution in [3.8, 4) is 12.1 Å². The van der Waals surface area contributed by atoms with E-state index >= 15 is 0 Å². The lowest BCUT2D eigenvalue weighted by atomic mass is 10.1. The Kier molecular flexibility index (Phi) is 8.52. The summed E-state index contributed by atoms with van der Waals surface area (Å²) in [5.41, 5.74) is 5.04. The Labute approximate surface area is 208 Å². The van der Waals surface area contributed by atoms with Crippen molar-refractivity contribution < 1.29 is 9.90 Å². The topological polar surface area (TPSA) is 94.6 Å². The molecular weight excluding hydrogens is 438 g/mol. The van der Waals surface area contributed by atoms with Crippen LogP contribution in [0, 0.1) is 36.5 Å². The molecule has 0 aliphatic carbocycles. The van der Waals surface area contributed by atoms with Crippen LogP contribution < -0.4 is 4.90 Å². The number of allylic oxidation sites excluding steroid dienone is 1. The number of aryl methyl sites for hydroxylation is 2. The summed E-state index contributed by atoms with van der Waals surface area (Å²) in [6, 6.07) is 17.8. The third-order valence-electron chi connectivity index (χ3n) is 6.09. The minimum absolute atomic E-state index is 0.0438. The van der Waals surface area contributed by atoms with Crippen LogP contribution >= 0.6 is 0 Å². The normalized spacial score (nSPS) is 13.1. The Bertz CT molecular complexity index is 1150. The lowest BCUT2D eigenvalue weighted by molar-refractivity contribution is -0.119. The number of aliphatic hydroxyl groups is 1. The molecule has 0 aromatic heterocycles. The molecule has 7 nitrogen and oxygen atoms in total. The van der Waals surface area contributed by atoms with E-state index in [1.807, 2.05) is 55.2 Å². The summed E-state index contributed by atoms with van der Waals surface area (Å²) in [6.45, 7) is 10.3. The summed E-state index contributed by atoms with van der Waals surface area (Å²) in [5.74, 6) is 0.554. The minimum Gasteiger partial charge on any atom is -0.392 e. The molecule has 1 aliphatic rings. The molecule has 3 rings (SSSR count). The minimum atomic E-state index is -0.0860. The second-order valence-electron chi connectivity index (χ2n) is 9.26. The molecule has 1 amide bonds. The second-order valence-corrected chi connectivity index (χ2v) is 9.26. The SMILES string of the molecule is Cc1cc(C)cc(CN2CCN(CCC(=O)N(c3cccc(CO)c3)C(C)C)C2=C(C#N)C#N)c1. The van der Waals surface area contributed by atoms with Crippen molar-refractivity contribution in [3.05, 3.63) is 76.1 Å². The first kappa shape index (κ1) is 25.8. The summed E-state index contributed by atoms with van der Waals surface area (Å²) >= 11 is 0. The van der Waals surface area contributed by atoms with Gasteiger partial charge in [0.05, 0.1) is 6.61 Å². The Balaban J connectivity index is 1.79. The highest BCUT2D eigenvalue weighted by atomic mass is 16.3.